The molecule has 0 aliphatic heterocycles. The van der Waals surface area contributed by atoms with E-state index in [0.29, 0.717) is 4.90 Å². The number of benzene rings is 2. The van der Waals surface area contributed by atoms with Crippen LogP contribution in [0.1, 0.15) is 24.9 Å². The van der Waals surface area contributed by atoms with Gasteiger partial charge in [-0.05, 0) is 30.2 Å². The van der Waals surface area contributed by atoms with Crippen LogP contribution in [-0.2, 0) is 0 Å². The summed E-state index contributed by atoms with van der Waals surface area (Å²) in [5.41, 5.74) is 7.18. The molecule has 2 aromatic rings. The number of hydrogen-bond donors (Lipinski definition) is 1. The summed E-state index contributed by atoms with van der Waals surface area (Å²) in [7, 11) is 0. The number of nitrogens with zero attached hydrogens (tertiary/aromatic N) is 1. The Morgan fingerprint density at radius 2 is 1.85 bits per heavy atom. The molecule has 0 heterocycles. The molecule has 0 amide bonds. The van der Waals surface area contributed by atoms with E-state index < -0.39 is 0 Å². The van der Waals surface area contributed by atoms with Crippen molar-refractivity contribution in [3.05, 3.63) is 64.2 Å². The number of nitro benzene ring substituents is 1. The fraction of sp³-hybridized carbons (Fsp3) is 0.200. The fourth-order valence-electron chi connectivity index (χ4n) is 1.84. The van der Waals surface area contributed by atoms with E-state index in [-0.39, 0.29) is 16.7 Å². The number of nitro groups is 1. The van der Waals surface area contributed by atoms with E-state index >= 15 is 0 Å². The smallest absolute Gasteiger partial charge is 0.283 e. The van der Waals surface area contributed by atoms with Crippen molar-refractivity contribution in [1.82, 2.24) is 0 Å². The van der Waals surface area contributed by atoms with E-state index in [1.54, 1.807) is 18.2 Å². The SMILES string of the molecule is CC[C@@H](N)c1ccc(Sc2ccccc2[N+](=O)[O-])cc1. The summed E-state index contributed by atoms with van der Waals surface area (Å²) in [6.45, 7) is 2.04. The molecule has 0 aromatic heterocycles. The van der Waals surface area contributed by atoms with Gasteiger partial charge in [0.2, 0.25) is 0 Å². The lowest BCUT2D eigenvalue weighted by molar-refractivity contribution is -0.387. The molecule has 0 aliphatic rings. The number of rotatable bonds is 5. The molecule has 2 N–H and O–H groups in total. The van der Waals surface area contributed by atoms with Gasteiger partial charge in [-0.15, -0.1) is 0 Å². The molecular formula is C15H16N2O2S. The molecule has 20 heavy (non-hydrogen) atoms. The Morgan fingerprint density at radius 3 is 2.45 bits per heavy atom. The number of hydrogen-bond acceptors (Lipinski definition) is 4. The summed E-state index contributed by atoms with van der Waals surface area (Å²) in [6.07, 6.45) is 0.886. The van der Waals surface area contributed by atoms with Gasteiger partial charge in [0.15, 0.2) is 0 Å². The van der Waals surface area contributed by atoms with Crippen LogP contribution in [0.25, 0.3) is 0 Å². The summed E-state index contributed by atoms with van der Waals surface area (Å²) in [4.78, 5) is 12.2. The maximum absolute atomic E-state index is 11.0. The van der Waals surface area contributed by atoms with Crippen LogP contribution in [0.4, 0.5) is 5.69 Å². The van der Waals surface area contributed by atoms with Crippen molar-refractivity contribution in [1.29, 1.82) is 0 Å². The quantitative estimate of drug-likeness (QED) is 0.662. The van der Waals surface area contributed by atoms with Gasteiger partial charge in [-0.2, -0.15) is 0 Å². The molecule has 1 atom stereocenters. The molecule has 0 fully saturated rings. The minimum Gasteiger partial charge on any atom is -0.324 e. The van der Waals surface area contributed by atoms with Crippen molar-refractivity contribution in [2.24, 2.45) is 5.73 Å². The minimum absolute atomic E-state index is 0.0418. The number of para-hydroxylation sites is 1. The van der Waals surface area contributed by atoms with Crippen LogP contribution >= 0.6 is 11.8 Å². The first kappa shape index (κ1) is 14.6. The highest BCUT2D eigenvalue weighted by atomic mass is 32.2. The first-order chi connectivity index (χ1) is 9.61. The molecule has 0 saturated carbocycles. The topological polar surface area (TPSA) is 69.2 Å². The highest BCUT2D eigenvalue weighted by molar-refractivity contribution is 7.99. The Bertz CT molecular complexity index is 599. The van der Waals surface area contributed by atoms with E-state index in [1.807, 2.05) is 31.2 Å². The average Bonchev–Trinajstić information content (AvgIpc) is 2.47. The molecule has 0 spiro atoms. The molecule has 5 heteroatoms. The molecule has 2 rings (SSSR count). The average molecular weight is 288 g/mol. The molecule has 0 bridgehead atoms. The van der Waals surface area contributed by atoms with Gasteiger partial charge >= 0.3 is 0 Å². The van der Waals surface area contributed by atoms with E-state index in [0.717, 1.165) is 16.9 Å². The molecule has 2 aromatic carbocycles. The lowest BCUT2D eigenvalue weighted by Crippen LogP contribution is -2.07. The summed E-state index contributed by atoms with van der Waals surface area (Å²) in [5.74, 6) is 0. The highest BCUT2D eigenvalue weighted by Crippen LogP contribution is 2.34. The maximum atomic E-state index is 11.0. The molecule has 104 valence electrons. The van der Waals surface area contributed by atoms with Crippen molar-refractivity contribution in [3.63, 3.8) is 0 Å². The Balaban J connectivity index is 2.20. The second kappa shape index (κ2) is 6.54. The molecule has 0 aliphatic carbocycles. The van der Waals surface area contributed by atoms with E-state index in [2.05, 4.69) is 0 Å². The third-order valence-corrected chi connectivity index (χ3v) is 4.11. The first-order valence-corrected chi connectivity index (χ1v) is 7.20. The molecular weight excluding hydrogens is 272 g/mol. The van der Waals surface area contributed by atoms with Gasteiger partial charge in [0.1, 0.15) is 0 Å². The van der Waals surface area contributed by atoms with Crippen molar-refractivity contribution in [2.45, 2.75) is 29.2 Å². The van der Waals surface area contributed by atoms with Gasteiger partial charge < -0.3 is 5.73 Å². The van der Waals surface area contributed by atoms with Crippen LogP contribution in [0.15, 0.2) is 58.3 Å². The maximum Gasteiger partial charge on any atom is 0.283 e. The van der Waals surface area contributed by atoms with Gasteiger partial charge in [-0.3, -0.25) is 10.1 Å². The predicted molar refractivity (Wildman–Crippen MR) is 80.9 cm³/mol. The van der Waals surface area contributed by atoms with Crippen LogP contribution < -0.4 is 5.73 Å². The van der Waals surface area contributed by atoms with Crippen molar-refractivity contribution < 1.29 is 4.92 Å². The molecule has 0 radical (unpaired) electrons. The van der Waals surface area contributed by atoms with Gasteiger partial charge in [-0.1, -0.05) is 43.0 Å². The zero-order valence-corrected chi connectivity index (χ0v) is 12.0. The van der Waals surface area contributed by atoms with Gasteiger partial charge in [0, 0.05) is 17.0 Å². The van der Waals surface area contributed by atoms with Crippen LogP contribution in [0.5, 0.6) is 0 Å². The second-order valence-electron chi connectivity index (χ2n) is 4.41. The highest BCUT2D eigenvalue weighted by Gasteiger charge is 2.13. The van der Waals surface area contributed by atoms with Gasteiger partial charge in [0.25, 0.3) is 5.69 Å². The lowest BCUT2D eigenvalue weighted by atomic mass is 10.1. The minimum atomic E-state index is -0.357. The first-order valence-electron chi connectivity index (χ1n) is 6.38. The Morgan fingerprint density at radius 1 is 1.20 bits per heavy atom. The largest absolute Gasteiger partial charge is 0.324 e. The second-order valence-corrected chi connectivity index (χ2v) is 5.53. The van der Waals surface area contributed by atoms with Crippen molar-refractivity contribution >= 4 is 17.4 Å². The van der Waals surface area contributed by atoms with Crippen LogP contribution in [0.3, 0.4) is 0 Å². The van der Waals surface area contributed by atoms with E-state index in [9.17, 15) is 10.1 Å². The summed E-state index contributed by atoms with van der Waals surface area (Å²) < 4.78 is 0. The molecule has 4 nitrogen and oxygen atoms in total. The Kier molecular flexibility index (Phi) is 4.76. The predicted octanol–water partition coefficient (Wildman–Crippen LogP) is 4.16. The van der Waals surface area contributed by atoms with Crippen LogP contribution in [-0.4, -0.2) is 4.92 Å². The van der Waals surface area contributed by atoms with E-state index in [1.165, 1.54) is 17.8 Å². The molecule has 0 unspecified atom stereocenters. The standard InChI is InChI=1S/C15H16N2O2S/c1-2-13(16)11-7-9-12(10-8-11)20-15-6-4-3-5-14(15)17(18)19/h3-10,13H,2,16H2,1H3/t13-/m1/s1. The Hall–Kier alpha value is -1.85. The van der Waals surface area contributed by atoms with E-state index in [4.69, 9.17) is 5.73 Å². The van der Waals surface area contributed by atoms with Crippen LogP contribution in [0, 0.1) is 10.1 Å². The van der Waals surface area contributed by atoms with Crippen molar-refractivity contribution in [3.8, 4) is 0 Å². The van der Waals surface area contributed by atoms with Crippen molar-refractivity contribution in [2.75, 3.05) is 0 Å². The zero-order chi connectivity index (χ0) is 14.5. The van der Waals surface area contributed by atoms with Gasteiger partial charge in [-0.25, -0.2) is 0 Å². The molecule has 0 saturated heterocycles. The zero-order valence-electron chi connectivity index (χ0n) is 11.2. The summed E-state index contributed by atoms with van der Waals surface area (Å²) in [6, 6.07) is 14.6. The summed E-state index contributed by atoms with van der Waals surface area (Å²) >= 11 is 1.39. The third-order valence-electron chi connectivity index (χ3n) is 3.04. The van der Waals surface area contributed by atoms with Crippen LogP contribution in [0.2, 0.25) is 0 Å². The van der Waals surface area contributed by atoms with Gasteiger partial charge in [0.05, 0.1) is 9.82 Å². The Labute approximate surface area is 122 Å². The lowest BCUT2D eigenvalue weighted by Gasteiger charge is -2.09. The normalized spacial score (nSPS) is 12.1. The fourth-order valence-corrected chi connectivity index (χ4v) is 2.76. The monoisotopic (exact) mass is 288 g/mol. The summed E-state index contributed by atoms with van der Waals surface area (Å²) in [5, 5.41) is 11.0. The third kappa shape index (κ3) is 3.37. The number of nitrogens with two attached hydrogens (primary N) is 1.